The number of carbonyl (C=O) groups is 2. The second-order valence-corrected chi connectivity index (χ2v) is 7.36. The molecule has 0 radical (unpaired) electrons. The second-order valence-electron chi connectivity index (χ2n) is 7.36. The van der Waals surface area contributed by atoms with Crippen molar-refractivity contribution in [1.29, 1.82) is 0 Å². The predicted molar refractivity (Wildman–Crippen MR) is 116 cm³/mol. The molecule has 0 spiro atoms. The van der Waals surface area contributed by atoms with Gasteiger partial charge in [-0.05, 0) is 49.2 Å². The maximum Gasteiger partial charge on any atom is 0.286 e. The predicted octanol–water partition coefficient (Wildman–Crippen LogP) is 4.46. The molecule has 2 heterocycles. The summed E-state index contributed by atoms with van der Waals surface area (Å²) in [6.45, 7) is 5.85. The van der Waals surface area contributed by atoms with E-state index >= 15 is 0 Å². The molecule has 3 rings (SSSR count). The Morgan fingerprint density at radius 1 is 1.06 bits per heavy atom. The molecule has 0 fully saturated rings. The van der Waals surface area contributed by atoms with E-state index in [1.807, 2.05) is 36.7 Å². The van der Waals surface area contributed by atoms with Gasteiger partial charge in [0.05, 0.1) is 18.7 Å². The standard InChI is InChI=1S/C24H28FN3O3/c1-3-13-26-23(29)22-12-11-19(31-22)17-27-15-7-8-18(27)16-28(14-4-2)24(30)20-9-5-6-10-21(20)25/h5-12,15H,3-4,13-14,16-17H2,1-2H3,(H,26,29). The van der Waals surface area contributed by atoms with Crippen LogP contribution in [-0.4, -0.2) is 34.4 Å². The third kappa shape index (κ3) is 5.63. The summed E-state index contributed by atoms with van der Waals surface area (Å²) < 4.78 is 21.8. The van der Waals surface area contributed by atoms with Crippen molar-refractivity contribution in [2.75, 3.05) is 13.1 Å². The van der Waals surface area contributed by atoms with Crippen LogP contribution in [0.15, 0.2) is 59.1 Å². The van der Waals surface area contributed by atoms with E-state index in [9.17, 15) is 14.0 Å². The Morgan fingerprint density at radius 3 is 2.61 bits per heavy atom. The van der Waals surface area contributed by atoms with Gasteiger partial charge in [0, 0.05) is 25.0 Å². The van der Waals surface area contributed by atoms with Crippen molar-refractivity contribution in [3.05, 3.63) is 83.3 Å². The monoisotopic (exact) mass is 425 g/mol. The molecular formula is C24H28FN3O3. The topological polar surface area (TPSA) is 67.5 Å². The molecule has 6 nitrogen and oxygen atoms in total. The third-order valence-electron chi connectivity index (χ3n) is 4.91. The Balaban J connectivity index is 1.73. The quantitative estimate of drug-likeness (QED) is 0.521. The summed E-state index contributed by atoms with van der Waals surface area (Å²) in [5, 5.41) is 2.79. The van der Waals surface area contributed by atoms with Gasteiger partial charge in [0.2, 0.25) is 0 Å². The van der Waals surface area contributed by atoms with Crippen LogP contribution in [0.4, 0.5) is 4.39 Å². The Bertz CT molecular complexity index is 1020. The second kappa shape index (κ2) is 10.6. The van der Waals surface area contributed by atoms with Crippen molar-refractivity contribution < 1.29 is 18.4 Å². The van der Waals surface area contributed by atoms with Gasteiger partial charge >= 0.3 is 0 Å². The summed E-state index contributed by atoms with van der Waals surface area (Å²) in [7, 11) is 0. The minimum atomic E-state index is -0.520. The van der Waals surface area contributed by atoms with E-state index in [1.165, 1.54) is 12.1 Å². The molecule has 1 N–H and O–H groups in total. The van der Waals surface area contributed by atoms with E-state index in [0.29, 0.717) is 31.9 Å². The fourth-order valence-corrected chi connectivity index (χ4v) is 3.35. The van der Waals surface area contributed by atoms with E-state index < -0.39 is 5.82 Å². The zero-order valence-corrected chi connectivity index (χ0v) is 17.9. The van der Waals surface area contributed by atoms with Crippen LogP contribution in [0.2, 0.25) is 0 Å². The molecule has 164 valence electrons. The Hall–Kier alpha value is -3.35. The van der Waals surface area contributed by atoms with Gasteiger partial charge in [0.15, 0.2) is 5.76 Å². The first-order valence-corrected chi connectivity index (χ1v) is 10.6. The van der Waals surface area contributed by atoms with Crippen LogP contribution >= 0.6 is 0 Å². The van der Waals surface area contributed by atoms with Crippen LogP contribution in [0, 0.1) is 5.82 Å². The van der Waals surface area contributed by atoms with Crippen molar-refractivity contribution in [3.63, 3.8) is 0 Å². The number of nitrogens with one attached hydrogen (secondary N) is 1. The minimum absolute atomic E-state index is 0.0721. The van der Waals surface area contributed by atoms with Crippen LogP contribution in [0.1, 0.15) is 59.1 Å². The lowest BCUT2D eigenvalue weighted by atomic mass is 10.1. The van der Waals surface area contributed by atoms with E-state index in [1.54, 1.807) is 29.2 Å². The maximum atomic E-state index is 14.1. The summed E-state index contributed by atoms with van der Waals surface area (Å²) in [6.07, 6.45) is 3.51. The lowest BCUT2D eigenvalue weighted by Gasteiger charge is -2.23. The Morgan fingerprint density at radius 2 is 1.87 bits per heavy atom. The van der Waals surface area contributed by atoms with Gasteiger partial charge < -0.3 is 19.2 Å². The molecule has 0 saturated carbocycles. The van der Waals surface area contributed by atoms with Crippen LogP contribution in [0.5, 0.6) is 0 Å². The van der Waals surface area contributed by atoms with E-state index in [2.05, 4.69) is 5.32 Å². The number of hydrogen-bond acceptors (Lipinski definition) is 3. The first-order valence-electron chi connectivity index (χ1n) is 10.6. The van der Waals surface area contributed by atoms with Crippen molar-refractivity contribution in [1.82, 2.24) is 14.8 Å². The van der Waals surface area contributed by atoms with Crippen LogP contribution in [-0.2, 0) is 13.1 Å². The summed E-state index contributed by atoms with van der Waals surface area (Å²) in [6, 6.07) is 13.3. The van der Waals surface area contributed by atoms with Crippen LogP contribution in [0.25, 0.3) is 0 Å². The lowest BCUT2D eigenvalue weighted by molar-refractivity contribution is 0.0734. The zero-order valence-electron chi connectivity index (χ0n) is 17.9. The number of furan rings is 1. The molecule has 0 saturated heterocycles. The molecule has 0 aliphatic rings. The average molecular weight is 426 g/mol. The summed E-state index contributed by atoms with van der Waals surface area (Å²) in [4.78, 5) is 26.6. The number of hydrogen-bond donors (Lipinski definition) is 1. The van der Waals surface area contributed by atoms with Gasteiger partial charge in [-0.25, -0.2) is 4.39 Å². The van der Waals surface area contributed by atoms with Crippen molar-refractivity contribution >= 4 is 11.8 Å². The van der Waals surface area contributed by atoms with Crippen LogP contribution < -0.4 is 5.32 Å². The number of amides is 2. The van der Waals surface area contributed by atoms with Gasteiger partial charge in [0.1, 0.15) is 11.6 Å². The fraction of sp³-hybridized carbons (Fsp3) is 0.333. The third-order valence-corrected chi connectivity index (χ3v) is 4.91. The molecule has 0 bridgehead atoms. The maximum absolute atomic E-state index is 14.1. The number of halogens is 1. The van der Waals surface area contributed by atoms with Crippen molar-refractivity contribution in [2.24, 2.45) is 0 Å². The molecule has 0 unspecified atom stereocenters. The number of aromatic nitrogens is 1. The minimum Gasteiger partial charge on any atom is -0.454 e. The molecule has 1 aromatic carbocycles. The number of rotatable bonds is 10. The SMILES string of the molecule is CCCNC(=O)c1ccc(Cn2cccc2CN(CCC)C(=O)c2ccccc2F)o1. The fourth-order valence-electron chi connectivity index (χ4n) is 3.35. The smallest absolute Gasteiger partial charge is 0.286 e. The Kier molecular flexibility index (Phi) is 7.65. The Labute approximate surface area is 181 Å². The van der Waals surface area contributed by atoms with Gasteiger partial charge in [-0.15, -0.1) is 0 Å². The highest BCUT2D eigenvalue weighted by atomic mass is 19.1. The zero-order chi connectivity index (χ0) is 22.2. The van der Waals surface area contributed by atoms with Gasteiger partial charge in [0.25, 0.3) is 11.8 Å². The summed E-state index contributed by atoms with van der Waals surface area (Å²) in [5.74, 6) is -0.166. The highest BCUT2D eigenvalue weighted by molar-refractivity contribution is 5.94. The van der Waals surface area contributed by atoms with E-state index in [0.717, 1.165) is 18.5 Å². The van der Waals surface area contributed by atoms with E-state index in [4.69, 9.17) is 4.42 Å². The number of carbonyl (C=O) groups excluding carboxylic acids is 2. The molecule has 2 aromatic heterocycles. The van der Waals surface area contributed by atoms with Crippen molar-refractivity contribution in [3.8, 4) is 0 Å². The first-order chi connectivity index (χ1) is 15.0. The molecule has 3 aromatic rings. The van der Waals surface area contributed by atoms with Gasteiger partial charge in [-0.3, -0.25) is 9.59 Å². The summed E-state index contributed by atoms with van der Waals surface area (Å²) >= 11 is 0. The number of benzene rings is 1. The molecule has 2 amide bonds. The van der Waals surface area contributed by atoms with Gasteiger partial charge in [-0.1, -0.05) is 26.0 Å². The van der Waals surface area contributed by atoms with E-state index in [-0.39, 0.29) is 23.1 Å². The summed E-state index contributed by atoms with van der Waals surface area (Å²) in [5.41, 5.74) is 0.967. The molecular weight excluding hydrogens is 397 g/mol. The largest absolute Gasteiger partial charge is 0.454 e. The molecule has 0 aliphatic carbocycles. The normalized spacial score (nSPS) is 10.8. The molecule has 7 heteroatoms. The highest BCUT2D eigenvalue weighted by Gasteiger charge is 2.20. The molecule has 0 aliphatic heterocycles. The van der Waals surface area contributed by atoms with Crippen molar-refractivity contribution in [2.45, 2.75) is 39.8 Å². The molecule has 31 heavy (non-hydrogen) atoms. The lowest BCUT2D eigenvalue weighted by Crippen LogP contribution is -2.32. The average Bonchev–Trinajstić information content (AvgIpc) is 3.41. The van der Waals surface area contributed by atoms with Gasteiger partial charge in [-0.2, -0.15) is 0 Å². The molecule has 0 atom stereocenters. The highest BCUT2D eigenvalue weighted by Crippen LogP contribution is 2.16. The van der Waals surface area contributed by atoms with Crippen LogP contribution in [0.3, 0.4) is 0 Å². The first kappa shape index (κ1) is 22.3. The number of nitrogens with zero attached hydrogens (tertiary/aromatic N) is 2.